The summed E-state index contributed by atoms with van der Waals surface area (Å²) in [5, 5.41) is 2.75. The molecule has 1 N–H and O–H groups in total. The number of carbonyl (C=O) groups excluding carboxylic acids is 4. The van der Waals surface area contributed by atoms with Gasteiger partial charge in [0.15, 0.2) is 0 Å². The minimum absolute atomic E-state index is 0.0788. The summed E-state index contributed by atoms with van der Waals surface area (Å²) < 4.78 is 4.08. The molecule has 4 amide bonds. The fraction of sp³-hybridized carbons (Fsp3) is 0.417. The summed E-state index contributed by atoms with van der Waals surface area (Å²) >= 11 is 1.13. The van der Waals surface area contributed by atoms with E-state index in [9.17, 15) is 19.2 Å². The number of fused-ring (bicyclic) bond motifs is 1. The van der Waals surface area contributed by atoms with Gasteiger partial charge in [0.1, 0.15) is 11.9 Å². The lowest BCUT2D eigenvalue weighted by atomic mass is 9.96. The molecule has 3 aliphatic rings. The molecular weight excluding hydrogens is 454 g/mol. The average Bonchev–Trinajstić information content (AvgIpc) is 3.41. The Morgan fingerprint density at radius 3 is 2.68 bits per heavy atom. The highest BCUT2D eigenvalue weighted by molar-refractivity contribution is 7.07. The number of amides is 4. The van der Waals surface area contributed by atoms with E-state index >= 15 is 0 Å². The van der Waals surface area contributed by atoms with Gasteiger partial charge in [-0.3, -0.25) is 24.5 Å². The number of likely N-dealkylation sites (tertiary alicyclic amines) is 1. The van der Waals surface area contributed by atoms with Crippen LogP contribution in [0.2, 0.25) is 0 Å². The van der Waals surface area contributed by atoms with Gasteiger partial charge >= 0.3 is 0 Å². The summed E-state index contributed by atoms with van der Waals surface area (Å²) in [5.41, 5.74) is 2.16. The molecule has 10 heteroatoms. The van der Waals surface area contributed by atoms with Crippen LogP contribution in [0.3, 0.4) is 0 Å². The first-order valence-corrected chi connectivity index (χ1v) is 12.1. The zero-order valence-electron chi connectivity index (χ0n) is 18.7. The lowest BCUT2D eigenvalue weighted by Gasteiger charge is -2.29. The van der Waals surface area contributed by atoms with Crippen molar-refractivity contribution in [3.63, 3.8) is 0 Å². The van der Waals surface area contributed by atoms with Crippen LogP contribution in [-0.4, -0.2) is 61.9 Å². The minimum atomic E-state index is -0.642. The van der Waals surface area contributed by atoms with Crippen molar-refractivity contribution in [1.29, 1.82) is 0 Å². The molecule has 0 spiro atoms. The first-order valence-electron chi connectivity index (χ1n) is 11.3. The normalized spacial score (nSPS) is 20.6. The molecule has 34 heavy (non-hydrogen) atoms. The summed E-state index contributed by atoms with van der Waals surface area (Å²) in [7, 11) is 0. The van der Waals surface area contributed by atoms with Crippen molar-refractivity contribution in [2.75, 3.05) is 13.1 Å². The Morgan fingerprint density at radius 2 is 1.97 bits per heavy atom. The van der Waals surface area contributed by atoms with E-state index in [1.165, 1.54) is 4.90 Å². The van der Waals surface area contributed by atoms with Crippen molar-refractivity contribution >= 4 is 35.2 Å². The third kappa shape index (κ3) is 4.19. The van der Waals surface area contributed by atoms with Crippen LogP contribution >= 0.6 is 11.5 Å². The number of carbonyl (C=O) groups is 4. The Balaban J connectivity index is 1.26. The quantitative estimate of drug-likeness (QED) is 0.518. The maximum Gasteiger partial charge on any atom is 0.284 e. The molecular formula is C24H23N5O4S. The fourth-order valence-electron chi connectivity index (χ4n) is 4.63. The average molecular weight is 478 g/mol. The molecule has 3 aliphatic heterocycles. The Labute approximate surface area is 200 Å². The van der Waals surface area contributed by atoms with E-state index < -0.39 is 11.9 Å². The number of aryl methyl sites for hydroxylation is 1. The van der Waals surface area contributed by atoms with E-state index in [0.29, 0.717) is 42.5 Å². The maximum atomic E-state index is 13.0. The number of nitrogens with zero attached hydrogens (tertiary/aromatic N) is 4. The third-order valence-electron chi connectivity index (χ3n) is 6.49. The summed E-state index contributed by atoms with van der Waals surface area (Å²) in [6.45, 7) is 3.31. The first kappa shape index (κ1) is 22.2. The third-order valence-corrected chi connectivity index (χ3v) is 7.28. The molecule has 2 saturated heterocycles. The largest absolute Gasteiger partial charge is 0.336 e. The Hall–Kier alpha value is -3.58. The highest BCUT2D eigenvalue weighted by Crippen LogP contribution is 2.29. The second-order valence-corrected chi connectivity index (χ2v) is 9.47. The van der Waals surface area contributed by atoms with Crippen molar-refractivity contribution in [3.8, 4) is 11.8 Å². The molecule has 0 saturated carbocycles. The number of benzene rings is 1. The fourth-order valence-corrected chi connectivity index (χ4v) is 5.27. The van der Waals surface area contributed by atoms with Crippen LogP contribution in [0.25, 0.3) is 0 Å². The van der Waals surface area contributed by atoms with Gasteiger partial charge in [-0.05, 0) is 55.4 Å². The molecule has 0 aliphatic carbocycles. The van der Waals surface area contributed by atoms with Crippen LogP contribution in [0, 0.1) is 24.7 Å². The molecule has 4 heterocycles. The number of rotatable bonds is 2. The monoisotopic (exact) mass is 477 g/mol. The van der Waals surface area contributed by atoms with Gasteiger partial charge in [-0.15, -0.1) is 0 Å². The van der Waals surface area contributed by atoms with Gasteiger partial charge in [0.05, 0.1) is 0 Å². The maximum absolute atomic E-state index is 13.0. The lowest BCUT2D eigenvalue weighted by Crippen LogP contribution is -2.52. The molecule has 9 nitrogen and oxygen atoms in total. The predicted molar refractivity (Wildman–Crippen MR) is 123 cm³/mol. The number of piperidine rings is 2. The van der Waals surface area contributed by atoms with Gasteiger partial charge in [-0.25, -0.2) is 4.98 Å². The summed E-state index contributed by atoms with van der Waals surface area (Å²) in [5.74, 6) is 6.33. The second-order valence-electron chi connectivity index (χ2n) is 8.71. The van der Waals surface area contributed by atoms with Crippen LogP contribution in [0.15, 0.2) is 18.2 Å². The van der Waals surface area contributed by atoms with Gasteiger partial charge in [0, 0.05) is 43.1 Å². The van der Waals surface area contributed by atoms with Gasteiger partial charge in [-0.1, -0.05) is 17.9 Å². The van der Waals surface area contributed by atoms with E-state index in [0.717, 1.165) is 35.5 Å². The lowest BCUT2D eigenvalue weighted by molar-refractivity contribution is -0.136. The smallest absolute Gasteiger partial charge is 0.284 e. The van der Waals surface area contributed by atoms with Crippen molar-refractivity contribution in [3.05, 3.63) is 45.7 Å². The van der Waals surface area contributed by atoms with Gasteiger partial charge in [0.2, 0.25) is 16.8 Å². The van der Waals surface area contributed by atoms with Crippen molar-refractivity contribution in [2.45, 2.75) is 45.2 Å². The molecule has 2 fully saturated rings. The number of hydrogen-bond donors (Lipinski definition) is 1. The number of nitrogens with one attached hydrogen (secondary N) is 1. The predicted octanol–water partition coefficient (Wildman–Crippen LogP) is 1.51. The van der Waals surface area contributed by atoms with E-state index in [4.69, 9.17) is 0 Å². The molecule has 0 radical (unpaired) electrons. The molecule has 0 bridgehead atoms. The van der Waals surface area contributed by atoms with Crippen molar-refractivity contribution in [1.82, 2.24) is 24.5 Å². The Kier molecular flexibility index (Phi) is 5.87. The Morgan fingerprint density at radius 1 is 1.18 bits per heavy atom. The molecule has 1 unspecified atom stereocenters. The first-order chi connectivity index (χ1) is 16.4. The van der Waals surface area contributed by atoms with E-state index in [1.807, 2.05) is 6.07 Å². The Bertz CT molecular complexity index is 1250. The summed E-state index contributed by atoms with van der Waals surface area (Å²) in [4.78, 5) is 56.8. The topological polar surface area (TPSA) is 113 Å². The zero-order chi connectivity index (χ0) is 23.8. The molecule has 1 aromatic carbocycles. The zero-order valence-corrected chi connectivity index (χ0v) is 19.5. The van der Waals surface area contributed by atoms with Crippen molar-refractivity contribution < 1.29 is 19.2 Å². The minimum Gasteiger partial charge on any atom is -0.336 e. The second kappa shape index (κ2) is 8.99. The van der Waals surface area contributed by atoms with Gasteiger partial charge < -0.3 is 9.80 Å². The van der Waals surface area contributed by atoms with Crippen LogP contribution in [-0.2, 0) is 16.1 Å². The van der Waals surface area contributed by atoms with Crippen LogP contribution in [0.1, 0.15) is 62.8 Å². The standard InChI is InChI=1S/C24H23N5O4S/c1-14-25-22(34-27-14)24(33)28-11-9-15(10-12-28)5-6-16-3-2-4-17-18(16)13-29(23(17)32)19-7-8-20(30)26-21(19)31/h2-4,15,19H,7-13H2,1H3,(H,26,30,31). The van der Waals surface area contributed by atoms with Crippen LogP contribution in [0.5, 0.6) is 0 Å². The SMILES string of the molecule is Cc1nsc(C(=O)N2CCC(C#Cc3cccc4c3CN(C3CCC(=O)NC3=O)C4=O)CC2)n1. The van der Waals surface area contributed by atoms with Gasteiger partial charge in [0.25, 0.3) is 11.8 Å². The number of imide groups is 1. The molecule has 1 aromatic heterocycles. The van der Waals surface area contributed by atoms with Crippen LogP contribution in [0.4, 0.5) is 0 Å². The number of hydrogen-bond acceptors (Lipinski definition) is 7. The highest BCUT2D eigenvalue weighted by atomic mass is 32.1. The molecule has 1 atom stereocenters. The molecule has 174 valence electrons. The molecule has 5 rings (SSSR count). The van der Waals surface area contributed by atoms with E-state index in [1.54, 1.807) is 24.0 Å². The van der Waals surface area contributed by atoms with Crippen LogP contribution < -0.4 is 5.32 Å². The highest BCUT2D eigenvalue weighted by Gasteiger charge is 2.39. The van der Waals surface area contributed by atoms with Gasteiger partial charge in [-0.2, -0.15) is 4.37 Å². The summed E-state index contributed by atoms with van der Waals surface area (Å²) in [6, 6.07) is 4.81. The molecule has 2 aromatic rings. The number of aromatic nitrogens is 2. The van der Waals surface area contributed by atoms with Crippen molar-refractivity contribution in [2.24, 2.45) is 5.92 Å². The van der Waals surface area contributed by atoms with E-state index in [2.05, 4.69) is 26.5 Å². The van der Waals surface area contributed by atoms with E-state index in [-0.39, 0.29) is 30.1 Å². The summed E-state index contributed by atoms with van der Waals surface area (Å²) in [6.07, 6.45) is 2.10.